The molecule has 0 saturated heterocycles. The number of likely N-dealkylation sites (N-methyl/N-ethyl adjacent to an activating group) is 1. The summed E-state index contributed by atoms with van der Waals surface area (Å²) in [5.74, 6) is 1.14. The lowest BCUT2D eigenvalue weighted by atomic mass is 10.0. The summed E-state index contributed by atoms with van der Waals surface area (Å²) in [6.45, 7) is 1.67. The van der Waals surface area contributed by atoms with Gasteiger partial charge in [0, 0.05) is 38.8 Å². The number of anilines is 2. The maximum Gasteiger partial charge on any atom is 0.238 e. The van der Waals surface area contributed by atoms with Crippen LogP contribution < -0.4 is 20.3 Å². The van der Waals surface area contributed by atoms with Gasteiger partial charge < -0.3 is 20.3 Å². The molecule has 168 valence electrons. The second-order valence-electron chi connectivity index (χ2n) is 7.99. The van der Waals surface area contributed by atoms with Crippen molar-refractivity contribution in [3.05, 3.63) is 36.2 Å². The molecule has 2 bridgehead atoms. The lowest BCUT2D eigenvalue weighted by molar-refractivity contribution is -0.121. The minimum absolute atomic E-state index is 0.0515. The number of hydrogen-bond donors (Lipinski definition) is 2. The quantitative estimate of drug-likeness (QED) is 0.657. The minimum atomic E-state index is -0.603. The van der Waals surface area contributed by atoms with E-state index >= 15 is 0 Å². The van der Waals surface area contributed by atoms with Gasteiger partial charge in [-0.25, -0.2) is 9.97 Å². The number of rotatable bonds is 0. The molecule has 3 heterocycles. The number of fused-ring (bicyclic) bond motifs is 2. The Bertz CT molecular complexity index is 1010. The van der Waals surface area contributed by atoms with Gasteiger partial charge >= 0.3 is 0 Å². The monoisotopic (exact) mass is 436 g/mol. The van der Waals surface area contributed by atoms with Crippen molar-refractivity contribution in [1.82, 2.24) is 15.3 Å². The molecule has 2 aliphatic heterocycles. The van der Waals surface area contributed by atoms with Crippen LogP contribution in [0.3, 0.4) is 0 Å². The van der Waals surface area contributed by atoms with Crippen molar-refractivity contribution in [3.8, 4) is 5.75 Å². The van der Waals surface area contributed by atoms with E-state index in [9.17, 15) is 9.59 Å². The van der Waals surface area contributed by atoms with Crippen molar-refractivity contribution >= 4 is 35.4 Å². The van der Waals surface area contributed by atoms with Gasteiger partial charge in [0.2, 0.25) is 11.8 Å². The fourth-order valence-corrected chi connectivity index (χ4v) is 3.85. The largest absolute Gasteiger partial charge is 0.494 e. The molecule has 32 heavy (non-hydrogen) atoms. The summed E-state index contributed by atoms with van der Waals surface area (Å²) < 4.78 is 5.85. The van der Waals surface area contributed by atoms with E-state index in [1.807, 2.05) is 36.2 Å². The molecule has 1 aromatic carbocycles. The van der Waals surface area contributed by atoms with E-state index in [1.165, 1.54) is 6.33 Å². The first-order valence-electron chi connectivity index (χ1n) is 11.0. The zero-order valence-corrected chi connectivity index (χ0v) is 18.2. The van der Waals surface area contributed by atoms with E-state index in [2.05, 4.69) is 25.6 Å². The Hall–Kier alpha value is -3.49. The molecule has 2 aliphatic rings. The van der Waals surface area contributed by atoms with Gasteiger partial charge in [-0.05, 0) is 25.0 Å². The Labute approximate surface area is 187 Å². The summed E-state index contributed by atoms with van der Waals surface area (Å²) in [5.41, 5.74) is 1.41. The lowest BCUT2D eigenvalue weighted by Crippen LogP contribution is -2.33. The predicted octanol–water partition coefficient (Wildman–Crippen LogP) is 2.81. The van der Waals surface area contributed by atoms with E-state index in [1.54, 1.807) is 6.21 Å². The molecule has 2 N–H and O–H groups in total. The van der Waals surface area contributed by atoms with Crippen molar-refractivity contribution in [2.75, 3.05) is 37.0 Å². The SMILES string of the molecule is CN1CCNC(=O)CCCCCCOc2cccc(c2)N=CC2C(=O)Nc3ncnc1c32. The first-order chi connectivity index (χ1) is 15.6. The van der Waals surface area contributed by atoms with Crippen molar-refractivity contribution < 1.29 is 14.3 Å². The summed E-state index contributed by atoms with van der Waals surface area (Å²) in [6, 6.07) is 7.52. The molecule has 0 spiro atoms. The van der Waals surface area contributed by atoms with Crippen molar-refractivity contribution in [3.63, 3.8) is 0 Å². The Balaban J connectivity index is 1.61. The number of ether oxygens (including phenoxy) is 1. The smallest absolute Gasteiger partial charge is 0.238 e. The van der Waals surface area contributed by atoms with E-state index in [4.69, 9.17) is 4.74 Å². The maximum absolute atomic E-state index is 12.6. The number of nitrogens with one attached hydrogen (secondary N) is 2. The molecule has 4 rings (SSSR count). The standard InChI is InChI=1S/C23H28N6O3/c1-29-11-10-24-19(30)9-4-2-3-5-12-32-17-8-6-7-16(13-17)25-14-18-20-21(28-23(18)31)26-15-27-22(20)29/h6-8,13-15,18H,2-5,9-12H2,1H3,(H,24,30)(H,26,27,28,31). The van der Waals surface area contributed by atoms with Gasteiger partial charge in [0.05, 0.1) is 17.9 Å². The van der Waals surface area contributed by atoms with Gasteiger partial charge in [-0.2, -0.15) is 0 Å². The number of aliphatic imine (C=N–C) groups is 1. The van der Waals surface area contributed by atoms with Crippen LogP contribution in [0.25, 0.3) is 0 Å². The number of carbonyl (C=O) groups is 2. The first-order valence-corrected chi connectivity index (χ1v) is 11.0. The highest BCUT2D eigenvalue weighted by Crippen LogP contribution is 2.36. The summed E-state index contributed by atoms with van der Waals surface area (Å²) in [6.07, 6.45) is 7.39. The molecule has 9 nitrogen and oxygen atoms in total. The summed E-state index contributed by atoms with van der Waals surface area (Å²) in [4.78, 5) is 39.9. The molecule has 1 atom stereocenters. The van der Waals surface area contributed by atoms with Gasteiger partial charge in [-0.15, -0.1) is 0 Å². The van der Waals surface area contributed by atoms with Gasteiger partial charge in [0.25, 0.3) is 0 Å². The molecule has 0 fully saturated rings. The van der Waals surface area contributed by atoms with Gasteiger partial charge in [0.15, 0.2) is 0 Å². The average molecular weight is 437 g/mol. The average Bonchev–Trinajstić information content (AvgIpc) is 3.11. The topological polar surface area (TPSA) is 109 Å². The van der Waals surface area contributed by atoms with Crippen LogP contribution in [0.5, 0.6) is 5.75 Å². The second-order valence-corrected chi connectivity index (χ2v) is 7.99. The first kappa shape index (κ1) is 21.7. The molecule has 1 unspecified atom stereocenters. The highest BCUT2D eigenvalue weighted by Gasteiger charge is 2.34. The molecular formula is C23H28N6O3. The lowest BCUT2D eigenvalue weighted by Gasteiger charge is -2.21. The molecule has 0 radical (unpaired) electrons. The van der Waals surface area contributed by atoms with Crippen molar-refractivity contribution in [2.24, 2.45) is 4.99 Å². The molecule has 2 amide bonds. The minimum Gasteiger partial charge on any atom is -0.494 e. The zero-order valence-electron chi connectivity index (χ0n) is 18.2. The number of hydrogen-bond acceptors (Lipinski definition) is 7. The van der Waals surface area contributed by atoms with Gasteiger partial charge in [-0.1, -0.05) is 18.9 Å². The number of nitrogens with zero attached hydrogens (tertiary/aromatic N) is 4. The predicted molar refractivity (Wildman–Crippen MR) is 123 cm³/mol. The summed E-state index contributed by atoms with van der Waals surface area (Å²) in [7, 11) is 1.89. The highest BCUT2D eigenvalue weighted by atomic mass is 16.5. The Kier molecular flexibility index (Phi) is 6.94. The van der Waals surface area contributed by atoms with Crippen LogP contribution in [0.1, 0.15) is 43.6 Å². The summed E-state index contributed by atoms with van der Waals surface area (Å²) >= 11 is 0. The van der Waals surface area contributed by atoms with E-state index in [0.717, 1.165) is 31.4 Å². The Morgan fingerprint density at radius 1 is 1.12 bits per heavy atom. The van der Waals surface area contributed by atoms with Crippen LogP contribution in [-0.4, -0.2) is 54.7 Å². The fourth-order valence-electron chi connectivity index (χ4n) is 3.85. The highest BCUT2D eigenvalue weighted by molar-refractivity contribution is 6.13. The van der Waals surface area contributed by atoms with Crippen LogP contribution in [0, 0.1) is 0 Å². The van der Waals surface area contributed by atoms with Crippen molar-refractivity contribution in [1.29, 1.82) is 0 Å². The normalized spacial score (nSPS) is 20.0. The number of carbonyl (C=O) groups excluding carboxylic acids is 2. The van der Waals surface area contributed by atoms with E-state index in [-0.39, 0.29) is 11.8 Å². The van der Waals surface area contributed by atoms with E-state index in [0.29, 0.717) is 49.0 Å². The summed E-state index contributed by atoms with van der Waals surface area (Å²) in [5, 5.41) is 5.78. The molecule has 1 aromatic heterocycles. The molecule has 2 aromatic rings. The Morgan fingerprint density at radius 2 is 2.00 bits per heavy atom. The molecule has 0 aliphatic carbocycles. The third-order valence-electron chi connectivity index (χ3n) is 5.59. The molecule has 0 saturated carbocycles. The Morgan fingerprint density at radius 3 is 2.91 bits per heavy atom. The van der Waals surface area contributed by atoms with Crippen LogP contribution in [-0.2, 0) is 9.59 Å². The number of benzene rings is 1. The second kappa shape index (κ2) is 10.2. The maximum atomic E-state index is 12.6. The molecule has 9 heteroatoms. The van der Waals surface area contributed by atoms with Gasteiger partial charge in [0.1, 0.15) is 29.6 Å². The molecular weight excluding hydrogens is 408 g/mol. The van der Waals surface area contributed by atoms with Gasteiger partial charge in [-0.3, -0.25) is 14.6 Å². The number of amides is 2. The number of aromatic nitrogens is 2. The zero-order chi connectivity index (χ0) is 22.3. The van der Waals surface area contributed by atoms with E-state index < -0.39 is 5.92 Å². The third kappa shape index (κ3) is 5.22. The van der Waals surface area contributed by atoms with Crippen LogP contribution >= 0.6 is 0 Å². The van der Waals surface area contributed by atoms with Crippen LogP contribution in [0.15, 0.2) is 35.6 Å². The fraction of sp³-hybridized carbons (Fsp3) is 0.435. The van der Waals surface area contributed by atoms with Crippen LogP contribution in [0.4, 0.5) is 17.3 Å². The third-order valence-corrected chi connectivity index (χ3v) is 5.59. The van der Waals surface area contributed by atoms with Crippen LogP contribution in [0.2, 0.25) is 0 Å². The van der Waals surface area contributed by atoms with Crippen molar-refractivity contribution in [2.45, 2.75) is 38.0 Å².